The molecule has 1 aromatic carbocycles. The summed E-state index contributed by atoms with van der Waals surface area (Å²) in [4.78, 5) is 10.0. The summed E-state index contributed by atoms with van der Waals surface area (Å²) in [5.41, 5.74) is 11.6. The van der Waals surface area contributed by atoms with Crippen molar-refractivity contribution in [2.24, 2.45) is 11.5 Å². The van der Waals surface area contributed by atoms with Crippen LogP contribution in [0.2, 0.25) is 0 Å². The Hall–Kier alpha value is -1.83. The largest absolute Gasteiger partial charge is 0.480 e. The van der Waals surface area contributed by atoms with Crippen LogP contribution in [0.15, 0.2) is 18.2 Å². The molecule has 6 N–H and O–H groups in total. The highest BCUT2D eigenvalue weighted by molar-refractivity contribution is 5.72. The third-order valence-electron chi connectivity index (χ3n) is 3.14. The number of rotatable bonds is 7. The van der Waals surface area contributed by atoms with Gasteiger partial charge in [0.15, 0.2) is 11.5 Å². The number of hydrogen-bond acceptors (Lipinski definition) is 6. The van der Waals surface area contributed by atoms with Crippen molar-refractivity contribution in [3.8, 4) is 11.5 Å². The smallest absolute Gasteiger partial charge is 0.320 e. The van der Waals surface area contributed by atoms with Crippen LogP contribution in [-0.2, 0) is 11.2 Å². The maximum atomic E-state index is 10.0. The van der Waals surface area contributed by atoms with E-state index in [2.05, 4.69) is 11.4 Å². The molecule has 0 bridgehead atoms. The first-order chi connectivity index (χ1) is 10.6. The van der Waals surface area contributed by atoms with E-state index in [9.17, 15) is 4.79 Å². The first-order valence-electron chi connectivity index (χ1n) is 7.30. The van der Waals surface area contributed by atoms with Gasteiger partial charge in [0.2, 0.25) is 6.79 Å². The van der Waals surface area contributed by atoms with Gasteiger partial charge in [0.1, 0.15) is 6.04 Å². The van der Waals surface area contributed by atoms with Gasteiger partial charge in [0.25, 0.3) is 0 Å². The number of benzene rings is 1. The highest BCUT2D eigenvalue weighted by Crippen LogP contribution is 2.32. The highest BCUT2D eigenvalue weighted by Gasteiger charge is 2.12. The number of carboxylic acid groups (broad SMARTS) is 1. The van der Waals surface area contributed by atoms with Gasteiger partial charge in [0.05, 0.1) is 0 Å². The van der Waals surface area contributed by atoms with E-state index in [1.54, 1.807) is 0 Å². The fourth-order valence-electron chi connectivity index (χ4n) is 1.83. The van der Waals surface area contributed by atoms with Crippen molar-refractivity contribution in [1.82, 2.24) is 5.32 Å². The molecule has 0 fully saturated rings. The van der Waals surface area contributed by atoms with Gasteiger partial charge in [-0.1, -0.05) is 6.07 Å². The Labute approximate surface area is 130 Å². The SMILES string of the molecule is CNCCc1ccc2c(c1)OCO2.NCCC[C@H](N)C(=O)O. The van der Waals surface area contributed by atoms with E-state index in [1.165, 1.54) is 5.56 Å². The van der Waals surface area contributed by atoms with E-state index in [0.717, 1.165) is 24.5 Å². The van der Waals surface area contributed by atoms with Gasteiger partial charge >= 0.3 is 5.97 Å². The third kappa shape index (κ3) is 6.30. The maximum Gasteiger partial charge on any atom is 0.320 e. The van der Waals surface area contributed by atoms with Crippen molar-refractivity contribution in [2.45, 2.75) is 25.3 Å². The molecule has 7 nitrogen and oxygen atoms in total. The molecule has 0 saturated carbocycles. The van der Waals surface area contributed by atoms with Gasteiger partial charge in [-0.05, 0) is 57.1 Å². The molecule has 1 atom stereocenters. The first-order valence-corrected chi connectivity index (χ1v) is 7.30. The number of nitrogens with two attached hydrogens (primary N) is 2. The lowest BCUT2D eigenvalue weighted by molar-refractivity contribution is -0.138. The first kappa shape index (κ1) is 18.2. The van der Waals surface area contributed by atoms with Crippen molar-refractivity contribution < 1.29 is 19.4 Å². The summed E-state index contributed by atoms with van der Waals surface area (Å²) in [7, 11) is 1.95. The van der Waals surface area contributed by atoms with Crippen LogP contribution in [0.3, 0.4) is 0 Å². The second-order valence-electron chi connectivity index (χ2n) is 4.92. The standard InChI is InChI=1S/C10H13NO2.C5H12N2O2/c1-11-5-4-8-2-3-9-10(6-8)13-7-12-9;6-3-1-2-4(7)5(8)9/h2-3,6,11H,4-5,7H2,1H3;4H,1-3,6-7H2,(H,8,9)/t;4-/m.0/s1. The number of ether oxygens (including phenoxy) is 2. The van der Waals surface area contributed by atoms with E-state index in [1.807, 2.05) is 19.2 Å². The Morgan fingerprint density at radius 3 is 2.77 bits per heavy atom. The minimum Gasteiger partial charge on any atom is -0.480 e. The maximum absolute atomic E-state index is 10.0. The molecule has 0 aromatic heterocycles. The Bertz CT molecular complexity index is 468. The van der Waals surface area contributed by atoms with Crippen molar-refractivity contribution in [1.29, 1.82) is 0 Å². The van der Waals surface area contributed by atoms with E-state index >= 15 is 0 Å². The average molecular weight is 311 g/mol. The Morgan fingerprint density at radius 1 is 1.41 bits per heavy atom. The molecular formula is C15H25N3O4. The molecule has 124 valence electrons. The minimum absolute atomic E-state index is 0.352. The molecule has 0 spiro atoms. The lowest BCUT2D eigenvalue weighted by atomic mass is 10.1. The number of hydrogen-bond donors (Lipinski definition) is 4. The van der Waals surface area contributed by atoms with Crippen LogP contribution < -0.4 is 26.3 Å². The van der Waals surface area contributed by atoms with Crippen LogP contribution >= 0.6 is 0 Å². The predicted octanol–water partition coefficient (Wildman–Crippen LogP) is 0.314. The van der Waals surface area contributed by atoms with E-state index < -0.39 is 12.0 Å². The summed E-state index contributed by atoms with van der Waals surface area (Å²) in [6.07, 6.45) is 2.16. The second-order valence-corrected chi connectivity index (χ2v) is 4.92. The van der Waals surface area contributed by atoms with Gasteiger partial charge in [-0.15, -0.1) is 0 Å². The van der Waals surface area contributed by atoms with Gasteiger partial charge in [0, 0.05) is 0 Å². The average Bonchev–Trinajstić information content (AvgIpc) is 2.98. The fourth-order valence-corrected chi connectivity index (χ4v) is 1.83. The Morgan fingerprint density at radius 2 is 2.14 bits per heavy atom. The summed E-state index contributed by atoms with van der Waals surface area (Å²) in [5.74, 6) is 0.769. The van der Waals surface area contributed by atoms with Crippen molar-refractivity contribution in [3.05, 3.63) is 23.8 Å². The molecular weight excluding hydrogens is 286 g/mol. The molecule has 1 aromatic rings. The topological polar surface area (TPSA) is 120 Å². The molecule has 2 rings (SSSR count). The molecule has 0 amide bonds. The molecule has 7 heteroatoms. The summed E-state index contributed by atoms with van der Waals surface area (Å²) in [6, 6.07) is 5.34. The van der Waals surface area contributed by atoms with Crippen molar-refractivity contribution in [3.63, 3.8) is 0 Å². The van der Waals surface area contributed by atoms with Crippen molar-refractivity contribution in [2.75, 3.05) is 26.9 Å². The zero-order valence-electron chi connectivity index (χ0n) is 12.9. The number of fused-ring (bicyclic) bond motifs is 1. The van der Waals surface area contributed by atoms with Gasteiger partial charge in [-0.2, -0.15) is 0 Å². The molecule has 0 aliphatic carbocycles. The lowest BCUT2D eigenvalue weighted by Gasteiger charge is -2.02. The molecule has 0 saturated heterocycles. The fraction of sp³-hybridized carbons (Fsp3) is 0.533. The van der Waals surface area contributed by atoms with Gasteiger partial charge < -0.3 is 31.4 Å². The van der Waals surface area contributed by atoms with Crippen LogP contribution in [0.4, 0.5) is 0 Å². The molecule has 1 aliphatic heterocycles. The number of carboxylic acids is 1. The summed E-state index contributed by atoms with van der Waals surface area (Å²) >= 11 is 0. The molecule has 0 unspecified atom stereocenters. The predicted molar refractivity (Wildman–Crippen MR) is 84.1 cm³/mol. The monoisotopic (exact) mass is 311 g/mol. The Kier molecular flexibility index (Phi) is 8.27. The summed E-state index contributed by atoms with van der Waals surface area (Å²) < 4.78 is 10.5. The van der Waals surface area contributed by atoms with Crippen molar-refractivity contribution >= 4 is 5.97 Å². The lowest BCUT2D eigenvalue weighted by Crippen LogP contribution is -2.30. The summed E-state index contributed by atoms with van der Waals surface area (Å²) in [5, 5.41) is 11.4. The number of aliphatic carboxylic acids is 1. The molecule has 22 heavy (non-hydrogen) atoms. The number of likely N-dealkylation sites (N-methyl/N-ethyl adjacent to an activating group) is 1. The molecule has 1 heterocycles. The summed E-state index contributed by atoms with van der Waals surface area (Å²) in [6.45, 7) is 1.84. The Balaban J connectivity index is 0.000000239. The van der Waals surface area contributed by atoms with E-state index in [-0.39, 0.29) is 0 Å². The van der Waals surface area contributed by atoms with Crippen LogP contribution in [0.5, 0.6) is 11.5 Å². The minimum atomic E-state index is -0.955. The number of nitrogens with one attached hydrogen (secondary N) is 1. The zero-order chi connectivity index (χ0) is 16.4. The highest BCUT2D eigenvalue weighted by atomic mass is 16.7. The molecule has 0 radical (unpaired) electrons. The van der Waals surface area contributed by atoms with Crippen LogP contribution in [0.1, 0.15) is 18.4 Å². The second kappa shape index (κ2) is 9.99. The van der Waals surface area contributed by atoms with Crippen LogP contribution in [0.25, 0.3) is 0 Å². The van der Waals surface area contributed by atoms with Crippen LogP contribution in [0, 0.1) is 0 Å². The quantitative estimate of drug-likeness (QED) is 0.572. The van der Waals surface area contributed by atoms with Crippen LogP contribution in [-0.4, -0.2) is 44.0 Å². The third-order valence-corrected chi connectivity index (χ3v) is 3.14. The van der Waals surface area contributed by atoms with Gasteiger partial charge in [-0.3, -0.25) is 4.79 Å². The number of carbonyl (C=O) groups is 1. The normalized spacial score (nSPS) is 13.2. The van der Waals surface area contributed by atoms with E-state index in [4.69, 9.17) is 26.0 Å². The zero-order valence-corrected chi connectivity index (χ0v) is 12.9. The van der Waals surface area contributed by atoms with E-state index in [0.29, 0.717) is 26.2 Å². The van der Waals surface area contributed by atoms with Gasteiger partial charge in [-0.25, -0.2) is 0 Å². The molecule has 1 aliphatic rings.